The van der Waals surface area contributed by atoms with Crippen molar-refractivity contribution in [3.8, 4) is 6.07 Å². The van der Waals surface area contributed by atoms with Gasteiger partial charge in [0.05, 0.1) is 12.1 Å². The Morgan fingerprint density at radius 1 is 1.56 bits per heavy atom. The van der Waals surface area contributed by atoms with Crippen molar-refractivity contribution in [1.82, 2.24) is 5.32 Å². The van der Waals surface area contributed by atoms with E-state index in [0.717, 1.165) is 25.1 Å². The number of hydrogen-bond donors (Lipinski definition) is 1. The summed E-state index contributed by atoms with van der Waals surface area (Å²) in [4.78, 5) is 0. The lowest BCUT2D eigenvalue weighted by atomic mass is 9.80. The van der Waals surface area contributed by atoms with E-state index in [1.54, 1.807) is 13.2 Å². The maximum Gasteiger partial charge on any atom is 0.203 e. The molecule has 1 aliphatic rings. The summed E-state index contributed by atoms with van der Waals surface area (Å²) in [6.07, 6.45) is 3.49. The van der Waals surface area contributed by atoms with Gasteiger partial charge >= 0.3 is 0 Å². The quantitative estimate of drug-likeness (QED) is 0.822. The molecule has 0 aromatic carbocycles. The van der Waals surface area contributed by atoms with Crippen molar-refractivity contribution in [2.24, 2.45) is 0 Å². The van der Waals surface area contributed by atoms with Crippen LogP contribution in [0.1, 0.15) is 30.8 Å². The highest BCUT2D eigenvalue weighted by Gasteiger charge is 2.36. The van der Waals surface area contributed by atoms with Crippen molar-refractivity contribution in [2.75, 3.05) is 13.7 Å². The van der Waals surface area contributed by atoms with Crippen LogP contribution >= 0.6 is 0 Å². The average molecular weight is 220 g/mol. The molecule has 16 heavy (non-hydrogen) atoms. The van der Waals surface area contributed by atoms with E-state index in [9.17, 15) is 0 Å². The molecule has 0 unspecified atom stereocenters. The highest BCUT2D eigenvalue weighted by atomic mass is 16.5. The Balaban J connectivity index is 1.77. The van der Waals surface area contributed by atoms with Gasteiger partial charge in [0.2, 0.25) is 5.76 Å². The van der Waals surface area contributed by atoms with Gasteiger partial charge in [-0.05, 0) is 31.4 Å². The summed E-state index contributed by atoms with van der Waals surface area (Å²) in [6, 6.07) is 5.48. The Bertz CT molecular complexity index is 382. The number of hydrogen-bond acceptors (Lipinski definition) is 4. The van der Waals surface area contributed by atoms with Crippen molar-refractivity contribution >= 4 is 0 Å². The molecule has 0 bridgehead atoms. The first-order valence-electron chi connectivity index (χ1n) is 5.53. The van der Waals surface area contributed by atoms with E-state index >= 15 is 0 Å². The third kappa shape index (κ3) is 2.26. The van der Waals surface area contributed by atoms with Crippen LogP contribution < -0.4 is 5.32 Å². The van der Waals surface area contributed by atoms with Gasteiger partial charge in [0.25, 0.3) is 0 Å². The summed E-state index contributed by atoms with van der Waals surface area (Å²) in [5.74, 6) is 1.16. The maximum absolute atomic E-state index is 8.61. The van der Waals surface area contributed by atoms with Gasteiger partial charge in [-0.2, -0.15) is 5.26 Å². The molecule has 1 aromatic heterocycles. The lowest BCUT2D eigenvalue weighted by Gasteiger charge is -2.40. The topological polar surface area (TPSA) is 58.2 Å². The Labute approximate surface area is 95.2 Å². The highest BCUT2D eigenvalue weighted by Crippen LogP contribution is 2.34. The maximum atomic E-state index is 8.61. The van der Waals surface area contributed by atoms with Crippen LogP contribution in [0.25, 0.3) is 0 Å². The number of nitrogens with one attached hydrogen (secondary N) is 1. The summed E-state index contributed by atoms with van der Waals surface area (Å²) in [5, 5.41) is 11.9. The molecule has 1 aromatic rings. The molecular weight excluding hydrogens is 204 g/mol. The van der Waals surface area contributed by atoms with E-state index in [1.165, 1.54) is 6.42 Å². The van der Waals surface area contributed by atoms with Crippen LogP contribution in [-0.4, -0.2) is 19.3 Å². The smallest absolute Gasteiger partial charge is 0.203 e. The molecule has 1 aliphatic carbocycles. The SMILES string of the molecule is COC1(CNCc2ccc(C#N)o2)CCC1. The van der Waals surface area contributed by atoms with Gasteiger partial charge in [0.15, 0.2) is 0 Å². The van der Waals surface area contributed by atoms with Gasteiger partial charge in [0.1, 0.15) is 11.8 Å². The molecule has 1 heterocycles. The van der Waals surface area contributed by atoms with Crippen LogP contribution in [0.4, 0.5) is 0 Å². The number of nitriles is 1. The molecule has 0 spiro atoms. The minimum Gasteiger partial charge on any atom is -0.449 e. The highest BCUT2D eigenvalue weighted by molar-refractivity contribution is 5.18. The van der Waals surface area contributed by atoms with Crippen molar-refractivity contribution in [1.29, 1.82) is 5.26 Å². The zero-order chi connectivity index (χ0) is 11.4. The average Bonchev–Trinajstić information content (AvgIpc) is 2.70. The molecule has 86 valence electrons. The zero-order valence-corrected chi connectivity index (χ0v) is 9.45. The van der Waals surface area contributed by atoms with Crippen LogP contribution in [0, 0.1) is 11.3 Å². The van der Waals surface area contributed by atoms with E-state index in [-0.39, 0.29) is 5.60 Å². The van der Waals surface area contributed by atoms with Gasteiger partial charge in [-0.25, -0.2) is 0 Å². The van der Waals surface area contributed by atoms with E-state index in [4.69, 9.17) is 14.4 Å². The number of ether oxygens (including phenoxy) is 1. The summed E-state index contributed by atoms with van der Waals surface area (Å²) in [6.45, 7) is 1.48. The zero-order valence-electron chi connectivity index (χ0n) is 9.45. The summed E-state index contributed by atoms with van der Waals surface area (Å²) < 4.78 is 10.8. The summed E-state index contributed by atoms with van der Waals surface area (Å²) in [7, 11) is 1.77. The number of nitrogens with zero attached hydrogens (tertiary/aromatic N) is 1. The minimum atomic E-state index is 0.0324. The van der Waals surface area contributed by atoms with Gasteiger partial charge in [0, 0.05) is 13.7 Å². The van der Waals surface area contributed by atoms with E-state index < -0.39 is 0 Å². The number of furan rings is 1. The first kappa shape index (κ1) is 11.2. The van der Waals surface area contributed by atoms with Gasteiger partial charge in [-0.3, -0.25) is 0 Å². The Kier molecular flexibility index (Phi) is 3.28. The molecule has 0 atom stereocenters. The molecule has 0 radical (unpaired) electrons. The largest absolute Gasteiger partial charge is 0.449 e. The van der Waals surface area contributed by atoms with Crippen molar-refractivity contribution < 1.29 is 9.15 Å². The van der Waals surface area contributed by atoms with Gasteiger partial charge < -0.3 is 14.5 Å². The Morgan fingerprint density at radius 2 is 2.38 bits per heavy atom. The van der Waals surface area contributed by atoms with Gasteiger partial charge in [-0.1, -0.05) is 0 Å². The normalized spacial score (nSPS) is 17.8. The van der Waals surface area contributed by atoms with Crippen molar-refractivity contribution in [2.45, 2.75) is 31.4 Å². The van der Waals surface area contributed by atoms with E-state index in [0.29, 0.717) is 12.3 Å². The fourth-order valence-electron chi connectivity index (χ4n) is 1.97. The van der Waals surface area contributed by atoms with Crippen LogP contribution in [0.15, 0.2) is 16.5 Å². The fraction of sp³-hybridized carbons (Fsp3) is 0.583. The molecule has 0 aliphatic heterocycles. The second-order valence-electron chi connectivity index (χ2n) is 4.22. The van der Waals surface area contributed by atoms with Crippen LogP contribution in [0.5, 0.6) is 0 Å². The Hall–Kier alpha value is -1.31. The third-order valence-electron chi connectivity index (χ3n) is 3.22. The molecule has 0 saturated heterocycles. The summed E-state index contributed by atoms with van der Waals surface area (Å²) >= 11 is 0. The standard InChI is InChI=1S/C12H16N2O2/c1-15-12(5-2-6-12)9-14-8-11-4-3-10(7-13)16-11/h3-4,14H,2,5-6,8-9H2,1H3. The lowest BCUT2D eigenvalue weighted by Crippen LogP contribution is -2.47. The fourth-order valence-corrected chi connectivity index (χ4v) is 1.97. The molecular formula is C12H16N2O2. The van der Waals surface area contributed by atoms with E-state index in [1.807, 2.05) is 12.1 Å². The van der Waals surface area contributed by atoms with Crippen molar-refractivity contribution in [3.63, 3.8) is 0 Å². The number of rotatable bonds is 5. The first-order chi connectivity index (χ1) is 7.78. The Morgan fingerprint density at radius 3 is 2.88 bits per heavy atom. The third-order valence-corrected chi connectivity index (χ3v) is 3.22. The number of methoxy groups -OCH3 is 1. The molecule has 4 heteroatoms. The summed E-state index contributed by atoms with van der Waals surface area (Å²) in [5.41, 5.74) is 0.0324. The molecule has 1 saturated carbocycles. The molecule has 1 fully saturated rings. The van der Waals surface area contributed by atoms with Crippen LogP contribution in [0.3, 0.4) is 0 Å². The monoisotopic (exact) mass is 220 g/mol. The predicted octanol–water partition coefficient (Wildman–Crippen LogP) is 1.81. The molecule has 0 amide bonds. The second-order valence-corrected chi connectivity index (χ2v) is 4.22. The van der Waals surface area contributed by atoms with Crippen molar-refractivity contribution in [3.05, 3.63) is 23.7 Å². The minimum absolute atomic E-state index is 0.0324. The van der Waals surface area contributed by atoms with Crippen LogP contribution in [0.2, 0.25) is 0 Å². The molecule has 1 N–H and O–H groups in total. The molecule has 4 nitrogen and oxygen atoms in total. The van der Waals surface area contributed by atoms with Crippen LogP contribution in [-0.2, 0) is 11.3 Å². The predicted molar refractivity (Wildman–Crippen MR) is 58.7 cm³/mol. The lowest BCUT2D eigenvalue weighted by molar-refractivity contribution is -0.0697. The molecule has 2 rings (SSSR count). The van der Waals surface area contributed by atoms with Gasteiger partial charge in [-0.15, -0.1) is 0 Å². The van der Waals surface area contributed by atoms with E-state index in [2.05, 4.69) is 5.32 Å². The first-order valence-corrected chi connectivity index (χ1v) is 5.53. The second kappa shape index (κ2) is 4.69.